The van der Waals surface area contributed by atoms with Crippen LogP contribution in [-0.2, 0) is 9.47 Å². The standard InChI is InChI=1S/C25H36GeNO2/c1-15-10-17-13-25-21(17)18(11-15)20-12-16(2)19(26(4,5)6)14-27(20,7)24(25,3)22(28-8)23(25)29-9/h11-12,14-15,20H,10,13H2,1-9H3/q+1. The summed E-state index contributed by atoms with van der Waals surface area (Å²) < 4.78 is 14.6. The number of likely N-dealkylation sites (N-methyl/N-ethyl adjacent to an activating group) is 1. The van der Waals surface area contributed by atoms with E-state index < -0.39 is 13.3 Å². The van der Waals surface area contributed by atoms with E-state index >= 15 is 0 Å². The van der Waals surface area contributed by atoms with Gasteiger partial charge in [0.1, 0.15) is 0 Å². The van der Waals surface area contributed by atoms with Gasteiger partial charge in [0.15, 0.2) is 0 Å². The van der Waals surface area contributed by atoms with Gasteiger partial charge in [0.05, 0.1) is 0 Å². The predicted molar refractivity (Wildman–Crippen MR) is 121 cm³/mol. The maximum absolute atomic E-state index is 6.08. The van der Waals surface area contributed by atoms with Gasteiger partial charge in [-0.2, -0.15) is 0 Å². The van der Waals surface area contributed by atoms with Gasteiger partial charge in [-0.3, -0.25) is 0 Å². The minimum absolute atomic E-state index is 0.0226. The van der Waals surface area contributed by atoms with E-state index in [-0.39, 0.29) is 11.0 Å². The molecule has 4 heteroatoms. The van der Waals surface area contributed by atoms with Crippen LogP contribution in [0.25, 0.3) is 0 Å². The molecular formula is C25H36GeNO2+. The van der Waals surface area contributed by atoms with Crippen molar-refractivity contribution in [2.45, 2.75) is 62.5 Å². The zero-order valence-corrected chi connectivity index (χ0v) is 21.7. The van der Waals surface area contributed by atoms with Gasteiger partial charge in [0, 0.05) is 0 Å². The monoisotopic (exact) mass is 456 g/mol. The number of hydrogen-bond acceptors (Lipinski definition) is 2. The second-order valence-corrected chi connectivity index (χ2v) is 21.8. The van der Waals surface area contributed by atoms with E-state index in [1.807, 2.05) is 14.2 Å². The summed E-state index contributed by atoms with van der Waals surface area (Å²) in [5.41, 5.74) is 6.17. The summed E-state index contributed by atoms with van der Waals surface area (Å²) in [6, 6.07) is 0.359. The maximum atomic E-state index is 6.08. The fourth-order valence-corrected chi connectivity index (χ4v) is 11.5. The molecule has 2 heterocycles. The number of allylic oxidation sites excluding steroid dienone is 4. The Morgan fingerprint density at radius 1 is 1.10 bits per heavy atom. The van der Waals surface area contributed by atoms with E-state index in [9.17, 15) is 0 Å². The Kier molecular flexibility index (Phi) is 3.77. The Hall–Kier alpha value is -1.20. The van der Waals surface area contributed by atoms with Gasteiger partial charge >= 0.3 is 179 Å². The molecule has 0 radical (unpaired) electrons. The van der Waals surface area contributed by atoms with Crippen LogP contribution in [0.15, 0.2) is 56.6 Å². The molecule has 0 aromatic rings. The van der Waals surface area contributed by atoms with E-state index in [1.54, 1.807) is 21.1 Å². The molecule has 29 heavy (non-hydrogen) atoms. The molecule has 5 unspecified atom stereocenters. The average molecular weight is 455 g/mol. The predicted octanol–water partition coefficient (Wildman–Crippen LogP) is 5.47. The Morgan fingerprint density at radius 2 is 1.76 bits per heavy atom. The van der Waals surface area contributed by atoms with Crippen molar-refractivity contribution in [2.24, 2.45) is 11.3 Å². The van der Waals surface area contributed by atoms with Crippen LogP contribution < -0.4 is 0 Å². The molecule has 5 aliphatic rings. The van der Waals surface area contributed by atoms with Crippen LogP contribution in [0.5, 0.6) is 0 Å². The molecule has 0 N–H and O–H groups in total. The molecule has 0 amide bonds. The summed E-state index contributed by atoms with van der Waals surface area (Å²) in [6.07, 6.45) is 10.1. The molecule has 1 spiro atoms. The summed E-state index contributed by atoms with van der Waals surface area (Å²) in [5, 5.41) is 0. The summed E-state index contributed by atoms with van der Waals surface area (Å²) in [6.45, 7) is 7.16. The van der Waals surface area contributed by atoms with E-state index in [0.29, 0.717) is 12.0 Å². The van der Waals surface area contributed by atoms with E-state index in [2.05, 4.69) is 63.4 Å². The number of piperidine rings is 1. The number of hydrogen-bond donors (Lipinski definition) is 0. The van der Waals surface area contributed by atoms with Crippen molar-refractivity contribution >= 4 is 13.3 Å². The summed E-state index contributed by atoms with van der Waals surface area (Å²) in [5.74, 6) is 10.3. The van der Waals surface area contributed by atoms with Crippen LogP contribution in [0.3, 0.4) is 0 Å². The van der Waals surface area contributed by atoms with E-state index in [1.165, 1.54) is 12.0 Å². The van der Waals surface area contributed by atoms with Crippen LogP contribution in [-0.4, -0.2) is 50.6 Å². The van der Waals surface area contributed by atoms with Gasteiger partial charge in [-0.1, -0.05) is 0 Å². The normalized spacial score (nSPS) is 42.4. The SMILES string of the molecule is COC1=C(OC)C2(C)C13CC1=C3C(=CC(C)C1)C1C=C(C)[C]([Ge]([CH3])([CH3])[CH3])=C[N+]12C. The number of fused-ring (bicyclic) bond motifs is 3. The molecule has 0 aromatic carbocycles. The van der Waals surface area contributed by atoms with Crippen molar-refractivity contribution in [3.05, 3.63) is 56.6 Å². The molecule has 1 saturated heterocycles. The van der Waals surface area contributed by atoms with Crippen molar-refractivity contribution in [1.29, 1.82) is 0 Å². The van der Waals surface area contributed by atoms with Gasteiger partial charge in [-0.15, -0.1) is 0 Å². The van der Waals surface area contributed by atoms with Crippen molar-refractivity contribution < 1.29 is 14.0 Å². The summed E-state index contributed by atoms with van der Waals surface area (Å²) >= 11 is -2.02. The molecule has 0 saturated carbocycles. The van der Waals surface area contributed by atoms with E-state index in [0.717, 1.165) is 22.4 Å². The first-order valence-corrected chi connectivity index (χ1v) is 18.4. The number of ether oxygens (including phenoxy) is 2. The van der Waals surface area contributed by atoms with Gasteiger partial charge < -0.3 is 0 Å². The van der Waals surface area contributed by atoms with Gasteiger partial charge in [-0.25, -0.2) is 0 Å². The fourth-order valence-electron chi connectivity index (χ4n) is 7.47. The Labute approximate surface area is 178 Å². The Balaban J connectivity index is 1.84. The molecular weight excluding hydrogens is 419 g/mol. The number of quaternary nitrogens is 1. The topological polar surface area (TPSA) is 18.5 Å². The third-order valence-corrected chi connectivity index (χ3v) is 13.2. The zero-order valence-electron chi connectivity index (χ0n) is 19.6. The first kappa shape index (κ1) is 19.7. The fraction of sp³-hybridized carbons (Fsp3) is 0.600. The molecule has 3 aliphatic carbocycles. The Bertz CT molecular complexity index is 991. The van der Waals surface area contributed by atoms with Gasteiger partial charge in [-0.05, 0) is 0 Å². The zero-order chi connectivity index (χ0) is 21.1. The minimum atomic E-state index is -2.02. The molecule has 5 atom stereocenters. The van der Waals surface area contributed by atoms with Crippen molar-refractivity contribution in [1.82, 2.24) is 0 Å². The van der Waals surface area contributed by atoms with Gasteiger partial charge in [0.25, 0.3) is 0 Å². The summed E-state index contributed by atoms with van der Waals surface area (Å²) in [7, 11) is 6.10. The number of rotatable bonds is 3. The van der Waals surface area contributed by atoms with Crippen LogP contribution >= 0.6 is 0 Å². The molecule has 0 aromatic heterocycles. The molecule has 1 fully saturated rings. The first-order valence-electron chi connectivity index (χ1n) is 11.0. The summed E-state index contributed by atoms with van der Waals surface area (Å²) in [4.78, 5) is 0. The van der Waals surface area contributed by atoms with Crippen molar-refractivity contribution in [3.8, 4) is 0 Å². The second kappa shape index (κ2) is 5.53. The molecule has 2 aliphatic heterocycles. The first-order chi connectivity index (χ1) is 13.5. The third kappa shape index (κ3) is 1.91. The van der Waals surface area contributed by atoms with Crippen LogP contribution in [0.2, 0.25) is 17.3 Å². The van der Waals surface area contributed by atoms with E-state index in [4.69, 9.17) is 9.47 Å². The van der Waals surface area contributed by atoms with Crippen LogP contribution in [0.4, 0.5) is 0 Å². The molecule has 0 bridgehead atoms. The Morgan fingerprint density at radius 3 is 2.34 bits per heavy atom. The van der Waals surface area contributed by atoms with Crippen LogP contribution in [0, 0.1) is 11.3 Å². The average Bonchev–Trinajstić information content (AvgIpc) is 2.60. The van der Waals surface area contributed by atoms with Crippen LogP contribution in [0.1, 0.15) is 33.6 Å². The molecule has 156 valence electrons. The van der Waals surface area contributed by atoms with Crippen molar-refractivity contribution in [2.75, 3.05) is 21.3 Å². The van der Waals surface area contributed by atoms with Crippen molar-refractivity contribution in [3.63, 3.8) is 0 Å². The number of methoxy groups -OCH3 is 2. The number of nitrogens with zero attached hydrogens (tertiary/aromatic N) is 1. The molecule has 3 nitrogen and oxygen atoms in total. The molecule has 5 rings (SSSR count). The second-order valence-electron chi connectivity index (χ2n) is 11.2. The van der Waals surface area contributed by atoms with Gasteiger partial charge in [0.2, 0.25) is 0 Å². The quantitative estimate of drug-likeness (QED) is 0.416. The third-order valence-electron chi connectivity index (χ3n) is 8.75.